The number of ether oxygens (including phenoxy) is 1. The lowest BCUT2D eigenvalue weighted by Gasteiger charge is -2.63. The second kappa shape index (κ2) is 17.0. The summed E-state index contributed by atoms with van der Waals surface area (Å²) in [7, 11) is -1.29. The molecule has 2 aromatic heterocycles. The lowest BCUT2D eigenvalue weighted by Crippen LogP contribution is -2.74. The standard InChI is InChI=1S/C46H50BrF3N9O4P/c1-6-26-15-37(54-45-51-20-31(47)43(56-45)53-36-9-8-35-30(42(36)64(4,5)62)18-32(48)25(2)52-35)39(63-3)19-38(26)57-13-11-27(12-14-57)58-21-46(22-58)23-59(24-46)28-16-33(49)41(34(50)17-28)29-7-10-40(60)55-44(29)61/h8-9,15-20,27,29H,6-7,10-14,21-24H2,1-5H3,(H,55,60,61)(H2,51,53,54,56)/t29-/m1/s1. The fourth-order valence-electron chi connectivity index (χ4n) is 9.95. The van der Waals surface area contributed by atoms with E-state index in [0.717, 1.165) is 56.7 Å². The molecule has 4 saturated heterocycles. The second-order valence-corrected chi connectivity index (χ2v) is 21.9. The summed E-state index contributed by atoms with van der Waals surface area (Å²) in [6.45, 7) is 12.1. The van der Waals surface area contributed by atoms with Gasteiger partial charge >= 0.3 is 0 Å². The SMILES string of the molecule is CCc1cc(Nc2ncc(Br)c(Nc3ccc4nc(C)c(F)cc4c3P(C)(C)=O)n2)c(OC)cc1N1CCC(N2CC3(CN(c4cc(F)c([C@H]5CCC(=O)NC5=O)c(F)c4)C3)C2)CC1. The number of aromatic nitrogens is 3. The number of benzene rings is 3. The van der Waals surface area contributed by atoms with E-state index in [1.165, 1.54) is 18.2 Å². The van der Waals surface area contributed by atoms with Crippen molar-refractivity contribution in [2.75, 3.05) is 80.1 Å². The van der Waals surface area contributed by atoms with Crippen molar-refractivity contribution in [3.8, 4) is 5.75 Å². The fraction of sp³-hybridized carbons (Fsp3) is 0.413. The van der Waals surface area contributed by atoms with Crippen LogP contribution in [0.5, 0.6) is 5.75 Å². The first-order chi connectivity index (χ1) is 30.5. The first-order valence-corrected chi connectivity index (χ1v) is 24.9. The average molecular weight is 961 g/mol. The minimum atomic E-state index is -2.93. The molecule has 3 aromatic carbocycles. The molecule has 3 N–H and O–H groups in total. The van der Waals surface area contributed by atoms with Gasteiger partial charge in [-0.05, 0) is 104 Å². The molecule has 0 bridgehead atoms. The van der Waals surface area contributed by atoms with E-state index in [9.17, 15) is 18.5 Å². The molecule has 4 fully saturated rings. The first kappa shape index (κ1) is 44.0. The number of anilines is 6. The predicted octanol–water partition coefficient (Wildman–Crippen LogP) is 8.13. The topological polar surface area (TPSA) is 145 Å². The highest BCUT2D eigenvalue weighted by Gasteiger charge is 2.53. The Morgan fingerprint density at radius 1 is 0.922 bits per heavy atom. The van der Waals surface area contributed by atoms with Crippen LogP contribution in [-0.2, 0) is 20.6 Å². The quantitative estimate of drug-likeness (QED) is 0.0869. The van der Waals surface area contributed by atoms with E-state index in [1.54, 1.807) is 45.7 Å². The zero-order chi connectivity index (χ0) is 45.2. The number of imide groups is 1. The Morgan fingerprint density at radius 3 is 2.30 bits per heavy atom. The van der Waals surface area contributed by atoms with Gasteiger partial charge < -0.3 is 29.7 Å². The van der Waals surface area contributed by atoms with Gasteiger partial charge in [0.1, 0.15) is 36.2 Å². The van der Waals surface area contributed by atoms with Crippen LogP contribution in [0.4, 0.5) is 47.7 Å². The first-order valence-electron chi connectivity index (χ1n) is 21.5. The van der Waals surface area contributed by atoms with Crippen LogP contribution >= 0.6 is 23.1 Å². The molecule has 1 spiro atoms. The molecule has 5 aromatic rings. The van der Waals surface area contributed by atoms with Crippen molar-refractivity contribution >= 4 is 85.6 Å². The van der Waals surface area contributed by atoms with Gasteiger partial charge in [0.15, 0.2) is 0 Å². The molecule has 0 aliphatic carbocycles. The zero-order valence-electron chi connectivity index (χ0n) is 36.3. The van der Waals surface area contributed by atoms with Crippen LogP contribution in [0.1, 0.15) is 55.3 Å². The van der Waals surface area contributed by atoms with Gasteiger partial charge in [0.05, 0.1) is 40.1 Å². The molecule has 18 heteroatoms. The monoisotopic (exact) mass is 959 g/mol. The van der Waals surface area contributed by atoms with Crippen molar-refractivity contribution in [1.29, 1.82) is 0 Å². The number of piperidine rings is 2. The third-order valence-electron chi connectivity index (χ3n) is 13.1. The number of carbonyl (C=O) groups is 2. The van der Waals surface area contributed by atoms with Crippen LogP contribution in [-0.4, -0.2) is 97.4 Å². The van der Waals surface area contributed by atoms with Gasteiger partial charge in [-0.3, -0.25) is 24.8 Å². The molecule has 64 heavy (non-hydrogen) atoms. The predicted molar refractivity (Wildman–Crippen MR) is 247 cm³/mol. The number of likely N-dealkylation sites (tertiary alicyclic amines) is 1. The maximum Gasteiger partial charge on any atom is 0.234 e. The highest BCUT2D eigenvalue weighted by Crippen LogP contribution is 2.46. The molecular weight excluding hydrogens is 910 g/mol. The molecule has 6 heterocycles. The number of amides is 2. The van der Waals surface area contributed by atoms with E-state index >= 15 is 8.78 Å². The number of halogens is 4. The normalized spacial score (nSPS) is 19.1. The number of pyridine rings is 1. The number of nitrogens with one attached hydrogen (secondary N) is 3. The van der Waals surface area contributed by atoms with E-state index in [1.807, 2.05) is 4.90 Å². The van der Waals surface area contributed by atoms with Crippen LogP contribution in [0.25, 0.3) is 10.9 Å². The fourth-order valence-corrected chi connectivity index (χ4v) is 11.7. The molecule has 0 unspecified atom stereocenters. The zero-order valence-corrected chi connectivity index (χ0v) is 38.8. The lowest BCUT2D eigenvalue weighted by molar-refractivity contribution is -0.134. The van der Waals surface area contributed by atoms with Crippen LogP contribution in [0.3, 0.4) is 0 Å². The Kier molecular flexibility index (Phi) is 11.6. The summed E-state index contributed by atoms with van der Waals surface area (Å²) in [6, 6.07) is 12.2. The third-order valence-corrected chi connectivity index (χ3v) is 15.3. The van der Waals surface area contributed by atoms with Crippen molar-refractivity contribution in [2.24, 2.45) is 5.41 Å². The summed E-state index contributed by atoms with van der Waals surface area (Å²) in [5.74, 6) is -2.69. The Balaban J connectivity index is 0.830. The van der Waals surface area contributed by atoms with Gasteiger partial charge in [-0.2, -0.15) is 4.98 Å². The second-order valence-electron chi connectivity index (χ2n) is 17.9. The largest absolute Gasteiger partial charge is 0.494 e. The van der Waals surface area contributed by atoms with Gasteiger partial charge in [-0.1, -0.05) is 6.92 Å². The number of methoxy groups -OCH3 is 1. The molecule has 13 nitrogen and oxygen atoms in total. The highest BCUT2D eigenvalue weighted by molar-refractivity contribution is 9.10. The number of aryl methyl sites for hydroxylation is 2. The maximum absolute atomic E-state index is 15.2. The minimum absolute atomic E-state index is 0.0541. The van der Waals surface area contributed by atoms with E-state index < -0.39 is 42.3 Å². The molecule has 1 atom stereocenters. The summed E-state index contributed by atoms with van der Waals surface area (Å²) < 4.78 is 65.3. The minimum Gasteiger partial charge on any atom is -0.494 e. The van der Waals surface area contributed by atoms with Crippen molar-refractivity contribution in [1.82, 2.24) is 25.2 Å². The molecule has 9 rings (SSSR count). The Bertz CT molecular complexity index is 2730. The van der Waals surface area contributed by atoms with Crippen LogP contribution < -0.4 is 35.8 Å². The molecule has 4 aliphatic heterocycles. The van der Waals surface area contributed by atoms with Crippen molar-refractivity contribution in [3.05, 3.63) is 87.4 Å². The summed E-state index contributed by atoms with van der Waals surface area (Å²) in [6.07, 6.45) is 4.56. The smallest absolute Gasteiger partial charge is 0.234 e. The number of carbonyl (C=O) groups excluding carboxylic acids is 2. The Labute approximate surface area is 378 Å². The number of fused-ring (bicyclic) bond motifs is 1. The maximum atomic E-state index is 15.2. The van der Waals surface area contributed by atoms with E-state index in [-0.39, 0.29) is 29.5 Å². The van der Waals surface area contributed by atoms with Crippen LogP contribution in [0.2, 0.25) is 0 Å². The number of rotatable bonds is 11. The van der Waals surface area contributed by atoms with E-state index in [2.05, 4.69) is 70.7 Å². The number of hydrogen-bond donors (Lipinski definition) is 3. The molecule has 0 radical (unpaired) electrons. The molecule has 336 valence electrons. The average Bonchev–Trinajstić information content (AvgIpc) is 3.21. The van der Waals surface area contributed by atoms with E-state index in [0.29, 0.717) is 74.4 Å². The third kappa shape index (κ3) is 8.30. The molecule has 4 aliphatic rings. The van der Waals surface area contributed by atoms with Crippen molar-refractivity contribution in [2.45, 2.75) is 57.9 Å². The van der Waals surface area contributed by atoms with Gasteiger partial charge in [-0.15, -0.1) is 0 Å². The Morgan fingerprint density at radius 2 is 1.64 bits per heavy atom. The summed E-state index contributed by atoms with van der Waals surface area (Å²) in [5.41, 5.74) is 4.63. The summed E-state index contributed by atoms with van der Waals surface area (Å²) in [5, 5.41) is 9.82. The number of hydrogen-bond acceptors (Lipinski definition) is 12. The molecule has 2 amide bonds. The van der Waals surface area contributed by atoms with Gasteiger partial charge in [0.2, 0.25) is 17.8 Å². The Hall–Kier alpha value is -5.25. The molecule has 0 saturated carbocycles. The van der Waals surface area contributed by atoms with Crippen LogP contribution in [0, 0.1) is 29.8 Å². The van der Waals surface area contributed by atoms with Gasteiger partial charge in [0, 0.05) is 97.0 Å². The van der Waals surface area contributed by atoms with Crippen LogP contribution in [0.15, 0.2) is 53.1 Å². The van der Waals surface area contributed by atoms with Crippen molar-refractivity contribution in [3.63, 3.8) is 0 Å². The highest BCUT2D eigenvalue weighted by atomic mass is 79.9. The van der Waals surface area contributed by atoms with Crippen molar-refractivity contribution < 1.29 is 32.1 Å². The lowest BCUT2D eigenvalue weighted by atomic mass is 9.71. The molecular formula is C46H50BrF3N9O4P. The summed E-state index contributed by atoms with van der Waals surface area (Å²) >= 11 is 3.56. The summed E-state index contributed by atoms with van der Waals surface area (Å²) in [4.78, 5) is 44.5. The van der Waals surface area contributed by atoms with E-state index in [4.69, 9.17) is 9.72 Å². The van der Waals surface area contributed by atoms with Gasteiger partial charge in [0.25, 0.3) is 0 Å². The number of nitrogens with zero attached hydrogens (tertiary/aromatic N) is 6. The van der Waals surface area contributed by atoms with Gasteiger partial charge in [-0.25, -0.2) is 18.2 Å².